The first-order chi connectivity index (χ1) is 13.2. The molecule has 2 aromatic carbocycles. The van der Waals surface area contributed by atoms with Gasteiger partial charge in [-0.2, -0.15) is 0 Å². The van der Waals surface area contributed by atoms with Crippen molar-refractivity contribution >= 4 is 39.5 Å². The fraction of sp³-hybridized carbons (Fsp3) is 0.182. The molecule has 1 aliphatic heterocycles. The molecule has 2 aliphatic rings. The van der Waals surface area contributed by atoms with E-state index in [4.69, 9.17) is 17.0 Å². The molecule has 2 heterocycles. The maximum Gasteiger partial charge on any atom is 0.175 e. The van der Waals surface area contributed by atoms with Gasteiger partial charge in [0.15, 0.2) is 5.11 Å². The van der Waals surface area contributed by atoms with Crippen molar-refractivity contribution in [3.05, 3.63) is 72.6 Å². The van der Waals surface area contributed by atoms with Crippen LogP contribution in [0.4, 0.5) is 5.69 Å². The van der Waals surface area contributed by atoms with Gasteiger partial charge in [0, 0.05) is 29.0 Å². The van der Waals surface area contributed by atoms with Crippen LogP contribution in [-0.2, 0) is 0 Å². The number of hydrogen-bond acceptors (Lipinski definition) is 3. The van der Waals surface area contributed by atoms with E-state index in [1.165, 1.54) is 6.42 Å². The molecule has 0 atom stereocenters. The number of fused-ring (bicyclic) bond motifs is 2. The first-order valence-electron chi connectivity index (χ1n) is 9.15. The molecule has 27 heavy (non-hydrogen) atoms. The lowest BCUT2D eigenvalue weighted by Gasteiger charge is -2.43. The molecule has 1 aliphatic carbocycles. The minimum Gasteiger partial charge on any atom is -0.482 e. The van der Waals surface area contributed by atoms with E-state index in [0.717, 1.165) is 46.3 Å². The highest BCUT2D eigenvalue weighted by molar-refractivity contribution is 7.80. The maximum absolute atomic E-state index is 6.25. The Labute approximate surface area is 163 Å². The van der Waals surface area contributed by atoms with Gasteiger partial charge in [0.25, 0.3) is 0 Å². The minimum absolute atomic E-state index is 0.185. The van der Waals surface area contributed by atoms with E-state index in [1.807, 2.05) is 42.6 Å². The molecule has 4 nitrogen and oxygen atoms in total. The van der Waals surface area contributed by atoms with Crippen molar-refractivity contribution in [2.75, 3.05) is 5.32 Å². The lowest BCUT2D eigenvalue weighted by atomic mass is 9.77. The zero-order chi connectivity index (χ0) is 18.3. The van der Waals surface area contributed by atoms with Gasteiger partial charge in [-0.1, -0.05) is 24.3 Å². The van der Waals surface area contributed by atoms with Crippen molar-refractivity contribution in [3.63, 3.8) is 0 Å². The summed E-state index contributed by atoms with van der Waals surface area (Å²) in [6.45, 7) is 0. The van der Waals surface area contributed by atoms with Crippen LogP contribution in [0.5, 0.6) is 5.75 Å². The third-order valence-electron chi connectivity index (χ3n) is 5.28. The van der Waals surface area contributed by atoms with E-state index in [2.05, 4.69) is 33.8 Å². The fourth-order valence-electron chi connectivity index (χ4n) is 3.74. The van der Waals surface area contributed by atoms with Crippen LogP contribution in [0, 0.1) is 0 Å². The molecular formula is C22H19N3OS. The number of benzene rings is 2. The van der Waals surface area contributed by atoms with Gasteiger partial charge in [-0.15, -0.1) is 0 Å². The van der Waals surface area contributed by atoms with Crippen LogP contribution >= 0.6 is 12.2 Å². The molecule has 0 unspecified atom stereocenters. The third kappa shape index (κ3) is 2.94. The zero-order valence-electron chi connectivity index (χ0n) is 14.7. The van der Waals surface area contributed by atoms with Crippen LogP contribution < -0.4 is 15.4 Å². The van der Waals surface area contributed by atoms with E-state index < -0.39 is 0 Å². The van der Waals surface area contributed by atoms with Gasteiger partial charge in [0.1, 0.15) is 11.4 Å². The summed E-state index contributed by atoms with van der Waals surface area (Å²) >= 11 is 5.61. The SMILES string of the molecule is S=C(NC1=CC2(CCC2)Oc2ccccc21)Nc1cccc2ccncc12. The molecule has 0 amide bonds. The Morgan fingerprint density at radius 3 is 2.78 bits per heavy atom. The van der Waals surface area contributed by atoms with Crippen LogP contribution in [0.1, 0.15) is 24.8 Å². The van der Waals surface area contributed by atoms with E-state index in [-0.39, 0.29) is 5.60 Å². The van der Waals surface area contributed by atoms with Gasteiger partial charge in [-0.05, 0) is 67.2 Å². The number of thiocarbonyl (C=S) groups is 1. The summed E-state index contributed by atoms with van der Waals surface area (Å²) in [7, 11) is 0. The second-order valence-corrected chi connectivity index (χ2v) is 7.46. The van der Waals surface area contributed by atoms with Crippen molar-refractivity contribution in [2.45, 2.75) is 24.9 Å². The summed E-state index contributed by atoms with van der Waals surface area (Å²) < 4.78 is 6.25. The molecular weight excluding hydrogens is 354 g/mol. The zero-order valence-corrected chi connectivity index (χ0v) is 15.6. The summed E-state index contributed by atoms with van der Waals surface area (Å²) in [5.74, 6) is 0.916. The van der Waals surface area contributed by atoms with E-state index in [0.29, 0.717) is 5.11 Å². The largest absolute Gasteiger partial charge is 0.482 e. The number of hydrogen-bond donors (Lipinski definition) is 2. The van der Waals surface area contributed by atoms with Crippen molar-refractivity contribution in [1.82, 2.24) is 10.3 Å². The highest BCUT2D eigenvalue weighted by atomic mass is 32.1. The quantitative estimate of drug-likeness (QED) is 0.627. The van der Waals surface area contributed by atoms with E-state index in [1.54, 1.807) is 6.20 Å². The normalized spacial score (nSPS) is 16.7. The molecule has 2 N–H and O–H groups in total. The topological polar surface area (TPSA) is 46.2 Å². The number of aromatic nitrogens is 1. The number of para-hydroxylation sites is 1. The van der Waals surface area contributed by atoms with Crippen LogP contribution in [0.2, 0.25) is 0 Å². The summed E-state index contributed by atoms with van der Waals surface area (Å²) in [6, 6.07) is 16.2. The second-order valence-electron chi connectivity index (χ2n) is 7.06. The second kappa shape index (κ2) is 6.35. The molecule has 0 radical (unpaired) electrons. The van der Waals surface area contributed by atoms with Gasteiger partial charge < -0.3 is 15.4 Å². The van der Waals surface area contributed by atoms with Crippen LogP contribution in [-0.4, -0.2) is 15.7 Å². The molecule has 1 aromatic heterocycles. The maximum atomic E-state index is 6.25. The molecule has 0 saturated heterocycles. The van der Waals surface area contributed by atoms with Gasteiger partial charge in [0.05, 0.1) is 5.70 Å². The molecule has 0 bridgehead atoms. The summed E-state index contributed by atoms with van der Waals surface area (Å²) in [5, 5.41) is 9.45. The Kier molecular flexibility index (Phi) is 3.83. The lowest BCUT2D eigenvalue weighted by Crippen LogP contribution is -2.44. The van der Waals surface area contributed by atoms with Crippen molar-refractivity contribution in [2.24, 2.45) is 0 Å². The first kappa shape index (κ1) is 16.3. The summed E-state index contributed by atoms with van der Waals surface area (Å²) in [6.07, 6.45) is 9.12. The van der Waals surface area contributed by atoms with E-state index >= 15 is 0 Å². The van der Waals surface area contributed by atoms with Crippen molar-refractivity contribution in [3.8, 4) is 5.75 Å². The third-order valence-corrected chi connectivity index (χ3v) is 5.48. The predicted octanol–water partition coefficient (Wildman–Crippen LogP) is 4.88. The molecule has 1 saturated carbocycles. The first-order valence-corrected chi connectivity index (χ1v) is 9.55. The molecule has 5 rings (SSSR count). The van der Waals surface area contributed by atoms with Gasteiger partial charge >= 0.3 is 0 Å². The Morgan fingerprint density at radius 1 is 1.04 bits per heavy atom. The number of nitrogens with one attached hydrogen (secondary N) is 2. The molecule has 3 aromatic rings. The molecule has 134 valence electrons. The van der Waals surface area contributed by atoms with Crippen LogP contribution in [0.15, 0.2) is 67.0 Å². The minimum atomic E-state index is -0.185. The van der Waals surface area contributed by atoms with Crippen molar-refractivity contribution < 1.29 is 4.74 Å². The standard InChI is InChI=1S/C22H19N3OS/c27-21(24-18-7-3-5-15-9-12-23-14-17(15)18)25-19-13-22(10-4-11-22)26-20-8-2-1-6-16(19)20/h1-3,5-9,12-14H,4,10-11H2,(H2,24,25,27). The average Bonchev–Trinajstić information content (AvgIpc) is 2.67. The van der Waals surface area contributed by atoms with Crippen LogP contribution in [0.3, 0.4) is 0 Å². The molecule has 1 fully saturated rings. The summed E-state index contributed by atoms with van der Waals surface area (Å²) in [4.78, 5) is 4.23. The molecule has 1 spiro atoms. The van der Waals surface area contributed by atoms with Crippen molar-refractivity contribution in [1.29, 1.82) is 0 Å². The monoisotopic (exact) mass is 373 g/mol. The highest BCUT2D eigenvalue weighted by Gasteiger charge is 2.41. The Bertz CT molecular complexity index is 1070. The summed E-state index contributed by atoms with van der Waals surface area (Å²) in [5.41, 5.74) is 2.80. The lowest BCUT2D eigenvalue weighted by molar-refractivity contribution is 0.0373. The Balaban J connectivity index is 1.43. The smallest absolute Gasteiger partial charge is 0.175 e. The Morgan fingerprint density at radius 2 is 1.93 bits per heavy atom. The average molecular weight is 373 g/mol. The number of rotatable bonds is 2. The van der Waals surface area contributed by atoms with Gasteiger partial charge in [-0.25, -0.2) is 0 Å². The van der Waals surface area contributed by atoms with Gasteiger partial charge in [0.2, 0.25) is 0 Å². The number of anilines is 1. The Hall–Kier alpha value is -2.92. The fourth-order valence-corrected chi connectivity index (χ4v) is 3.96. The predicted molar refractivity (Wildman–Crippen MR) is 113 cm³/mol. The highest BCUT2D eigenvalue weighted by Crippen LogP contribution is 2.44. The van der Waals surface area contributed by atoms with E-state index in [9.17, 15) is 0 Å². The van der Waals surface area contributed by atoms with Crippen LogP contribution in [0.25, 0.3) is 16.5 Å². The number of nitrogens with zero attached hydrogens (tertiary/aromatic N) is 1. The molecule has 5 heteroatoms. The van der Waals surface area contributed by atoms with Gasteiger partial charge in [-0.3, -0.25) is 4.98 Å². The number of ether oxygens (including phenoxy) is 1. The number of pyridine rings is 1.